The molecule has 0 amide bonds. The molecule has 0 saturated heterocycles. The Morgan fingerprint density at radius 1 is 1.27 bits per heavy atom. The molecule has 0 fully saturated rings. The predicted molar refractivity (Wildman–Crippen MR) is 49.2 cm³/mol. The van der Waals surface area contributed by atoms with Crippen molar-refractivity contribution in [1.29, 1.82) is 0 Å². The van der Waals surface area contributed by atoms with Crippen LogP contribution in [0.2, 0.25) is 0 Å². The van der Waals surface area contributed by atoms with Gasteiger partial charge < -0.3 is 0 Å². The van der Waals surface area contributed by atoms with E-state index in [-0.39, 0.29) is 4.47 Å². The maximum absolute atomic E-state index is 13.0. The quantitative estimate of drug-likeness (QED) is 0.352. The van der Waals surface area contributed by atoms with Gasteiger partial charge in [0.2, 0.25) is 0 Å². The SMILES string of the molecule is O=C(c1ccc(Br)c(F)c1F)C(F)(F)Cl. The standard InChI is InChI=1S/C8H2BrClF4O/c9-4-2-1-3(5(11)6(4)12)7(15)8(10,13)14/h1-2H. The number of alkyl halides is 3. The zero-order valence-corrected chi connectivity index (χ0v) is 9.17. The number of Topliss-reactive ketones (excluding diaryl/α,β-unsaturated/α-hetero) is 1. The van der Waals surface area contributed by atoms with Crippen molar-refractivity contribution in [3.63, 3.8) is 0 Å². The Bertz CT molecular complexity index is 416. The molecule has 82 valence electrons. The molecule has 0 heterocycles. The third-order valence-corrected chi connectivity index (χ3v) is 2.32. The highest BCUT2D eigenvalue weighted by molar-refractivity contribution is 9.10. The van der Waals surface area contributed by atoms with Gasteiger partial charge in [-0.2, -0.15) is 8.78 Å². The second-order valence-electron chi connectivity index (χ2n) is 2.55. The van der Waals surface area contributed by atoms with Crippen molar-refractivity contribution in [2.75, 3.05) is 0 Å². The van der Waals surface area contributed by atoms with Gasteiger partial charge in [-0.25, -0.2) is 8.78 Å². The summed E-state index contributed by atoms with van der Waals surface area (Å²) < 4.78 is 50.3. The minimum atomic E-state index is -4.25. The van der Waals surface area contributed by atoms with Crippen LogP contribution in [0.5, 0.6) is 0 Å². The highest BCUT2D eigenvalue weighted by atomic mass is 79.9. The fourth-order valence-electron chi connectivity index (χ4n) is 0.854. The molecule has 7 heteroatoms. The van der Waals surface area contributed by atoms with Gasteiger partial charge in [0.15, 0.2) is 11.6 Å². The second-order valence-corrected chi connectivity index (χ2v) is 3.88. The monoisotopic (exact) mass is 304 g/mol. The molecule has 0 bridgehead atoms. The van der Waals surface area contributed by atoms with E-state index in [0.29, 0.717) is 0 Å². The van der Waals surface area contributed by atoms with Gasteiger partial charge in [-0.1, -0.05) is 0 Å². The van der Waals surface area contributed by atoms with E-state index in [1.165, 1.54) is 0 Å². The second kappa shape index (κ2) is 4.09. The molecule has 0 atom stereocenters. The molecule has 1 rings (SSSR count). The van der Waals surface area contributed by atoms with E-state index < -0.39 is 28.4 Å². The molecule has 0 saturated carbocycles. The summed E-state index contributed by atoms with van der Waals surface area (Å²) in [6, 6.07) is 1.66. The Kier molecular flexibility index (Phi) is 3.40. The Labute approximate surface area is 95.2 Å². The summed E-state index contributed by atoms with van der Waals surface area (Å²) in [4.78, 5) is 10.8. The Morgan fingerprint density at radius 3 is 2.27 bits per heavy atom. The van der Waals surface area contributed by atoms with Crippen LogP contribution in [0.3, 0.4) is 0 Å². The lowest BCUT2D eigenvalue weighted by molar-refractivity contribution is 0.0530. The largest absolute Gasteiger partial charge is 0.385 e. The molecular formula is C8H2BrClF4O. The summed E-state index contributed by atoms with van der Waals surface area (Å²) in [5.74, 6) is -5.05. The first-order chi connectivity index (χ1) is 6.75. The van der Waals surface area contributed by atoms with E-state index in [9.17, 15) is 22.4 Å². The molecule has 1 nitrogen and oxygen atoms in total. The molecule has 15 heavy (non-hydrogen) atoms. The number of hydrogen-bond acceptors (Lipinski definition) is 1. The number of carbonyl (C=O) groups is 1. The van der Waals surface area contributed by atoms with Crippen LogP contribution in [0.25, 0.3) is 0 Å². The Hall–Kier alpha value is -0.620. The van der Waals surface area contributed by atoms with Gasteiger partial charge >= 0.3 is 5.38 Å². The number of benzene rings is 1. The van der Waals surface area contributed by atoms with Crippen LogP contribution in [0.1, 0.15) is 10.4 Å². The lowest BCUT2D eigenvalue weighted by Gasteiger charge is -2.08. The van der Waals surface area contributed by atoms with Gasteiger partial charge in [-0.15, -0.1) is 0 Å². The van der Waals surface area contributed by atoms with Crippen molar-refractivity contribution in [1.82, 2.24) is 0 Å². The smallest absolute Gasteiger partial charge is 0.286 e. The fourth-order valence-corrected chi connectivity index (χ4v) is 1.26. The van der Waals surface area contributed by atoms with Crippen LogP contribution < -0.4 is 0 Å². The van der Waals surface area contributed by atoms with E-state index in [1.807, 2.05) is 0 Å². The number of ketones is 1. The van der Waals surface area contributed by atoms with Gasteiger partial charge in [-0.05, 0) is 39.7 Å². The van der Waals surface area contributed by atoms with Crippen molar-refractivity contribution < 1.29 is 22.4 Å². The number of halogens is 6. The van der Waals surface area contributed by atoms with E-state index in [2.05, 4.69) is 27.5 Å². The molecule has 0 aliphatic rings. The van der Waals surface area contributed by atoms with Crippen molar-refractivity contribution >= 4 is 33.3 Å². The lowest BCUT2D eigenvalue weighted by Crippen LogP contribution is -2.23. The summed E-state index contributed by atoms with van der Waals surface area (Å²) in [5.41, 5.74) is -1.09. The minimum absolute atomic E-state index is 0.269. The maximum Gasteiger partial charge on any atom is 0.385 e. The Morgan fingerprint density at radius 2 is 1.80 bits per heavy atom. The highest BCUT2D eigenvalue weighted by Gasteiger charge is 2.38. The van der Waals surface area contributed by atoms with Crippen molar-refractivity contribution in [3.8, 4) is 0 Å². The van der Waals surface area contributed by atoms with Gasteiger partial charge in [-0.3, -0.25) is 4.79 Å². The van der Waals surface area contributed by atoms with Crippen LogP contribution in [-0.4, -0.2) is 11.2 Å². The summed E-state index contributed by atoms with van der Waals surface area (Å²) in [5, 5.41) is -4.25. The van der Waals surface area contributed by atoms with Gasteiger partial charge in [0, 0.05) is 0 Å². The minimum Gasteiger partial charge on any atom is -0.286 e. The van der Waals surface area contributed by atoms with E-state index in [1.54, 1.807) is 0 Å². The fraction of sp³-hybridized carbons (Fsp3) is 0.125. The number of hydrogen-bond donors (Lipinski definition) is 0. The number of rotatable bonds is 2. The first kappa shape index (κ1) is 12.4. The zero-order valence-electron chi connectivity index (χ0n) is 6.83. The zero-order chi connectivity index (χ0) is 11.8. The third kappa shape index (κ3) is 2.49. The van der Waals surface area contributed by atoms with Crippen molar-refractivity contribution in [3.05, 3.63) is 33.8 Å². The summed E-state index contributed by atoms with van der Waals surface area (Å²) in [7, 11) is 0. The topological polar surface area (TPSA) is 17.1 Å². The van der Waals surface area contributed by atoms with Gasteiger partial charge in [0.25, 0.3) is 5.78 Å². The van der Waals surface area contributed by atoms with Crippen molar-refractivity contribution in [2.45, 2.75) is 5.38 Å². The molecule has 0 spiro atoms. The first-order valence-corrected chi connectivity index (χ1v) is 4.67. The summed E-state index contributed by atoms with van der Waals surface area (Å²) in [6.07, 6.45) is 0. The van der Waals surface area contributed by atoms with Crippen LogP contribution in [0.4, 0.5) is 17.6 Å². The van der Waals surface area contributed by atoms with Crippen LogP contribution in [0, 0.1) is 11.6 Å². The molecule has 0 aromatic heterocycles. The molecule has 1 aromatic rings. The molecule has 0 aliphatic carbocycles. The average molecular weight is 305 g/mol. The Balaban J connectivity index is 3.29. The summed E-state index contributed by atoms with van der Waals surface area (Å²) >= 11 is 7.03. The molecule has 0 unspecified atom stereocenters. The third-order valence-electron chi connectivity index (χ3n) is 1.54. The van der Waals surface area contributed by atoms with Gasteiger partial charge in [0.1, 0.15) is 0 Å². The maximum atomic E-state index is 13.0. The van der Waals surface area contributed by atoms with Crippen LogP contribution in [0.15, 0.2) is 16.6 Å². The average Bonchev–Trinajstić information content (AvgIpc) is 2.12. The normalized spacial score (nSPS) is 11.6. The molecular weight excluding hydrogens is 303 g/mol. The van der Waals surface area contributed by atoms with E-state index in [4.69, 9.17) is 0 Å². The van der Waals surface area contributed by atoms with E-state index in [0.717, 1.165) is 12.1 Å². The molecule has 0 aliphatic heterocycles. The summed E-state index contributed by atoms with van der Waals surface area (Å²) in [6.45, 7) is 0. The predicted octanol–water partition coefficient (Wildman–Crippen LogP) is 3.74. The number of carbonyl (C=O) groups excluding carboxylic acids is 1. The van der Waals surface area contributed by atoms with Gasteiger partial charge in [0.05, 0.1) is 10.0 Å². The van der Waals surface area contributed by atoms with Crippen molar-refractivity contribution in [2.24, 2.45) is 0 Å². The molecule has 1 aromatic carbocycles. The lowest BCUT2D eigenvalue weighted by atomic mass is 10.1. The van der Waals surface area contributed by atoms with Crippen LogP contribution >= 0.6 is 27.5 Å². The highest BCUT2D eigenvalue weighted by Crippen LogP contribution is 2.28. The van der Waals surface area contributed by atoms with E-state index >= 15 is 0 Å². The molecule has 0 N–H and O–H groups in total. The first-order valence-electron chi connectivity index (χ1n) is 3.50. The van der Waals surface area contributed by atoms with Crippen LogP contribution in [-0.2, 0) is 0 Å². The molecule has 0 radical (unpaired) electrons.